The van der Waals surface area contributed by atoms with Gasteiger partial charge < -0.3 is 9.88 Å². The highest BCUT2D eigenvalue weighted by Gasteiger charge is 2.02. The van der Waals surface area contributed by atoms with Gasteiger partial charge in [0, 0.05) is 49.3 Å². The van der Waals surface area contributed by atoms with E-state index in [1.807, 2.05) is 18.3 Å². The maximum atomic E-state index is 4.35. The fraction of sp³-hybridized carbons (Fsp3) is 0.400. The summed E-state index contributed by atoms with van der Waals surface area (Å²) < 4.78 is 2.30. The average Bonchev–Trinajstić information content (AvgIpc) is 2.82. The number of hydrogen-bond donors (Lipinski definition) is 1. The van der Waals surface area contributed by atoms with Gasteiger partial charge in [0.2, 0.25) is 0 Å². The fourth-order valence-corrected chi connectivity index (χ4v) is 1.92. The molecule has 0 spiro atoms. The van der Waals surface area contributed by atoms with Crippen molar-refractivity contribution in [3.63, 3.8) is 0 Å². The Morgan fingerprint density at radius 3 is 2.83 bits per heavy atom. The van der Waals surface area contributed by atoms with Crippen LogP contribution in [0.4, 0.5) is 0 Å². The Morgan fingerprint density at radius 2 is 2.11 bits per heavy atom. The lowest BCUT2D eigenvalue weighted by molar-refractivity contribution is 0.553. The molecule has 0 bridgehead atoms. The van der Waals surface area contributed by atoms with E-state index in [1.165, 1.54) is 5.69 Å². The monoisotopic (exact) mass is 243 g/mol. The first-order valence-corrected chi connectivity index (χ1v) is 6.53. The molecule has 96 valence electrons. The summed E-state index contributed by atoms with van der Waals surface area (Å²) in [7, 11) is 0. The summed E-state index contributed by atoms with van der Waals surface area (Å²) in [4.78, 5) is 4.35. The predicted molar refractivity (Wildman–Crippen MR) is 74.3 cm³/mol. The molecule has 0 atom stereocenters. The molecule has 3 nitrogen and oxygen atoms in total. The number of rotatable bonds is 6. The standard InChI is InChI=1S/C15H21N3/c1-13(2)17-12-15-7-5-10-18(15)11-8-14-6-3-4-9-16-14/h3-7,9-10,13,17H,8,11-12H2,1-2H3. The van der Waals surface area contributed by atoms with Crippen LogP contribution in [0.15, 0.2) is 42.7 Å². The summed E-state index contributed by atoms with van der Waals surface area (Å²) in [6.07, 6.45) is 4.97. The third-order valence-corrected chi connectivity index (χ3v) is 2.95. The van der Waals surface area contributed by atoms with E-state index in [0.717, 1.165) is 25.2 Å². The summed E-state index contributed by atoms with van der Waals surface area (Å²) in [6, 6.07) is 10.9. The van der Waals surface area contributed by atoms with Crippen LogP contribution in [0.25, 0.3) is 0 Å². The minimum Gasteiger partial charge on any atom is -0.350 e. The van der Waals surface area contributed by atoms with E-state index in [2.05, 4.69) is 53.1 Å². The van der Waals surface area contributed by atoms with E-state index in [9.17, 15) is 0 Å². The first-order chi connectivity index (χ1) is 8.75. The molecule has 18 heavy (non-hydrogen) atoms. The van der Waals surface area contributed by atoms with Crippen molar-refractivity contribution in [3.05, 3.63) is 54.1 Å². The van der Waals surface area contributed by atoms with Crippen LogP contribution in [0.3, 0.4) is 0 Å². The molecule has 0 aromatic carbocycles. The molecular formula is C15H21N3. The topological polar surface area (TPSA) is 29.9 Å². The summed E-state index contributed by atoms with van der Waals surface area (Å²) >= 11 is 0. The molecule has 1 N–H and O–H groups in total. The van der Waals surface area contributed by atoms with Gasteiger partial charge >= 0.3 is 0 Å². The lowest BCUT2D eigenvalue weighted by Gasteiger charge is -2.12. The molecule has 2 heterocycles. The van der Waals surface area contributed by atoms with Crippen molar-refractivity contribution in [2.75, 3.05) is 0 Å². The van der Waals surface area contributed by atoms with Crippen LogP contribution in [0.1, 0.15) is 25.2 Å². The molecule has 0 aliphatic rings. The van der Waals surface area contributed by atoms with Gasteiger partial charge in [-0.2, -0.15) is 0 Å². The largest absolute Gasteiger partial charge is 0.350 e. The highest BCUT2D eigenvalue weighted by molar-refractivity contribution is 5.09. The van der Waals surface area contributed by atoms with Crippen LogP contribution in [-0.2, 0) is 19.5 Å². The van der Waals surface area contributed by atoms with E-state index in [-0.39, 0.29) is 0 Å². The van der Waals surface area contributed by atoms with Gasteiger partial charge in [-0.15, -0.1) is 0 Å². The Hall–Kier alpha value is -1.61. The minimum atomic E-state index is 0.518. The molecule has 0 amide bonds. The normalized spacial score (nSPS) is 11.1. The maximum absolute atomic E-state index is 4.35. The van der Waals surface area contributed by atoms with Crippen molar-refractivity contribution in [2.24, 2.45) is 0 Å². The van der Waals surface area contributed by atoms with E-state index in [0.29, 0.717) is 6.04 Å². The lowest BCUT2D eigenvalue weighted by atomic mass is 10.2. The molecule has 0 aliphatic carbocycles. The molecule has 2 aromatic rings. The molecular weight excluding hydrogens is 222 g/mol. The number of hydrogen-bond acceptors (Lipinski definition) is 2. The minimum absolute atomic E-state index is 0.518. The van der Waals surface area contributed by atoms with Crippen molar-refractivity contribution in [1.82, 2.24) is 14.9 Å². The fourth-order valence-electron chi connectivity index (χ4n) is 1.92. The van der Waals surface area contributed by atoms with Gasteiger partial charge in [-0.1, -0.05) is 19.9 Å². The Labute approximate surface area is 109 Å². The van der Waals surface area contributed by atoms with Gasteiger partial charge in [-0.05, 0) is 24.3 Å². The van der Waals surface area contributed by atoms with Gasteiger partial charge in [-0.25, -0.2) is 0 Å². The van der Waals surface area contributed by atoms with Crippen LogP contribution in [0.2, 0.25) is 0 Å². The quantitative estimate of drug-likeness (QED) is 0.845. The summed E-state index contributed by atoms with van der Waals surface area (Å²) in [5.74, 6) is 0. The summed E-state index contributed by atoms with van der Waals surface area (Å²) in [6.45, 7) is 6.24. The maximum Gasteiger partial charge on any atom is 0.0421 e. The number of aryl methyl sites for hydroxylation is 2. The van der Waals surface area contributed by atoms with Crippen molar-refractivity contribution in [3.8, 4) is 0 Å². The molecule has 3 heteroatoms. The lowest BCUT2D eigenvalue weighted by Crippen LogP contribution is -2.23. The Morgan fingerprint density at radius 1 is 1.22 bits per heavy atom. The van der Waals surface area contributed by atoms with Crippen molar-refractivity contribution in [1.29, 1.82) is 0 Å². The first kappa shape index (κ1) is 12.8. The number of nitrogens with zero attached hydrogens (tertiary/aromatic N) is 2. The van der Waals surface area contributed by atoms with Crippen LogP contribution in [0.5, 0.6) is 0 Å². The van der Waals surface area contributed by atoms with Crippen molar-refractivity contribution < 1.29 is 0 Å². The third-order valence-electron chi connectivity index (χ3n) is 2.95. The second-order valence-electron chi connectivity index (χ2n) is 4.80. The van der Waals surface area contributed by atoms with Crippen LogP contribution in [-0.4, -0.2) is 15.6 Å². The van der Waals surface area contributed by atoms with Gasteiger partial charge in [0.25, 0.3) is 0 Å². The highest BCUT2D eigenvalue weighted by Crippen LogP contribution is 2.05. The summed E-state index contributed by atoms with van der Waals surface area (Å²) in [5.41, 5.74) is 2.48. The number of aromatic nitrogens is 2. The van der Waals surface area contributed by atoms with E-state index >= 15 is 0 Å². The van der Waals surface area contributed by atoms with Crippen LogP contribution >= 0.6 is 0 Å². The van der Waals surface area contributed by atoms with Gasteiger partial charge in [0.05, 0.1) is 0 Å². The van der Waals surface area contributed by atoms with E-state index < -0.39 is 0 Å². The molecule has 0 fully saturated rings. The van der Waals surface area contributed by atoms with Gasteiger partial charge in [0.15, 0.2) is 0 Å². The van der Waals surface area contributed by atoms with Crippen molar-refractivity contribution in [2.45, 2.75) is 39.4 Å². The zero-order chi connectivity index (χ0) is 12.8. The molecule has 2 rings (SSSR count). The SMILES string of the molecule is CC(C)NCc1cccn1CCc1ccccn1. The van der Waals surface area contributed by atoms with Crippen LogP contribution in [0, 0.1) is 0 Å². The molecule has 0 saturated carbocycles. The van der Waals surface area contributed by atoms with Gasteiger partial charge in [0.1, 0.15) is 0 Å². The second-order valence-corrected chi connectivity index (χ2v) is 4.80. The Bertz CT molecular complexity index is 460. The van der Waals surface area contributed by atoms with E-state index in [1.54, 1.807) is 0 Å². The molecule has 0 aliphatic heterocycles. The molecule has 0 radical (unpaired) electrons. The number of nitrogens with one attached hydrogen (secondary N) is 1. The zero-order valence-electron chi connectivity index (χ0n) is 11.1. The van der Waals surface area contributed by atoms with Crippen molar-refractivity contribution >= 4 is 0 Å². The Kier molecular flexibility index (Phi) is 4.53. The number of pyridine rings is 1. The smallest absolute Gasteiger partial charge is 0.0421 e. The molecule has 0 saturated heterocycles. The average molecular weight is 243 g/mol. The first-order valence-electron chi connectivity index (χ1n) is 6.53. The summed E-state index contributed by atoms with van der Waals surface area (Å²) in [5, 5.41) is 3.45. The van der Waals surface area contributed by atoms with Crippen LogP contribution < -0.4 is 5.32 Å². The zero-order valence-corrected chi connectivity index (χ0v) is 11.1. The predicted octanol–water partition coefficient (Wildman–Crippen LogP) is 2.62. The van der Waals surface area contributed by atoms with Gasteiger partial charge in [-0.3, -0.25) is 4.98 Å². The highest BCUT2D eigenvalue weighted by atomic mass is 15.0. The third kappa shape index (κ3) is 3.70. The molecule has 2 aromatic heterocycles. The second kappa shape index (κ2) is 6.36. The Balaban J connectivity index is 1.91. The van der Waals surface area contributed by atoms with E-state index in [4.69, 9.17) is 0 Å². The molecule has 0 unspecified atom stereocenters.